The van der Waals surface area contributed by atoms with Gasteiger partial charge in [0.15, 0.2) is 0 Å². The van der Waals surface area contributed by atoms with Gasteiger partial charge in [0.05, 0.1) is 0 Å². The Balaban J connectivity index is 1.64. The minimum absolute atomic E-state index is 0.00884. The van der Waals surface area contributed by atoms with E-state index in [4.69, 9.17) is 23.2 Å². The molecule has 2 aliphatic rings. The molecule has 8 rings (SSSR count). The molecule has 0 heterocycles. The molecule has 0 unspecified atom stereocenters. The van der Waals surface area contributed by atoms with Crippen molar-refractivity contribution in [3.8, 4) is 11.1 Å². The van der Waals surface area contributed by atoms with Crippen LogP contribution < -0.4 is 3.27 Å². The van der Waals surface area contributed by atoms with Crippen molar-refractivity contribution in [2.45, 2.75) is 118 Å². The predicted octanol–water partition coefficient (Wildman–Crippen LogP) is 15.4. The summed E-state index contributed by atoms with van der Waals surface area (Å²) in [4.78, 5) is 0. The van der Waals surface area contributed by atoms with Crippen LogP contribution in [-0.4, -0.2) is 3.21 Å². The molecule has 0 N–H and O–H groups in total. The number of hydrogen-bond acceptors (Lipinski definition) is 0. The maximum absolute atomic E-state index is 7.06. The molecule has 0 nitrogen and oxygen atoms in total. The molecule has 58 heavy (non-hydrogen) atoms. The summed E-state index contributed by atoms with van der Waals surface area (Å²) in [5, 5.41) is 6.19. The van der Waals surface area contributed by atoms with E-state index in [1.165, 1.54) is 58.5 Å². The SMILES string of the molecule is CC(C)(C)c1cc2c(cc1C(C)(C)C)-c1cc(C(C)(C)C)c(C(C)(C)C)[c]([Zr]([C]3=CC=CC3)=[C](c3cccc4c(Cl)cccc34)c3cccc4c(Cl)cccc34)c1C2. The zero-order valence-electron chi connectivity index (χ0n) is 36.6. The van der Waals surface area contributed by atoms with Gasteiger partial charge in [0.2, 0.25) is 0 Å². The third-order valence-electron chi connectivity index (χ3n) is 12.4. The number of fused-ring (bicyclic) bond motifs is 5. The first-order valence-corrected chi connectivity index (χ1v) is 25.5. The molecule has 0 aromatic heterocycles. The second-order valence-corrected chi connectivity index (χ2v) is 27.5. The average Bonchev–Trinajstić information content (AvgIpc) is 3.80. The topological polar surface area (TPSA) is 0 Å². The fourth-order valence-electron chi connectivity index (χ4n) is 9.74. The van der Waals surface area contributed by atoms with Crippen LogP contribution in [0.25, 0.3) is 32.7 Å². The van der Waals surface area contributed by atoms with E-state index in [2.05, 4.69) is 180 Å². The van der Waals surface area contributed by atoms with Crippen LogP contribution >= 0.6 is 23.2 Å². The molecule has 0 fully saturated rings. The van der Waals surface area contributed by atoms with Gasteiger partial charge in [-0.2, -0.15) is 0 Å². The van der Waals surface area contributed by atoms with Crippen LogP contribution in [0.3, 0.4) is 0 Å². The van der Waals surface area contributed by atoms with E-state index in [-0.39, 0.29) is 21.7 Å². The van der Waals surface area contributed by atoms with Crippen molar-refractivity contribution < 1.29 is 21.3 Å². The Morgan fingerprint density at radius 2 is 1.02 bits per heavy atom. The Bertz CT molecular complexity index is 2670. The molecule has 2 aliphatic carbocycles. The van der Waals surface area contributed by atoms with Crippen LogP contribution in [0.1, 0.15) is 134 Å². The van der Waals surface area contributed by atoms with Gasteiger partial charge in [-0.05, 0) is 0 Å². The normalized spacial score (nSPS) is 14.3. The zero-order chi connectivity index (χ0) is 41.7. The summed E-state index contributed by atoms with van der Waals surface area (Å²) >= 11 is 10.8. The second kappa shape index (κ2) is 14.7. The monoisotopic (exact) mass is 878 g/mol. The van der Waals surface area contributed by atoms with Gasteiger partial charge in [0.25, 0.3) is 0 Å². The number of hydrogen-bond donors (Lipinski definition) is 0. The van der Waals surface area contributed by atoms with Crippen molar-refractivity contribution in [2.24, 2.45) is 0 Å². The van der Waals surface area contributed by atoms with E-state index < -0.39 is 21.3 Å². The zero-order valence-corrected chi connectivity index (χ0v) is 40.5. The standard InChI is InChI=1S/C29H41.C21H12Cl2.C5H5.Zr/c1-26(2,3)22-14-18-13-19-15-23(27(4,5)6)25(29(10,11)12)17-21(19)20(18)16-24(22)28(7,8)9;22-20-11-3-7-16-14(5-1-9-18(16)20)13-15-6-2-10-19-17(15)8-4-12-21(19)23;1-2-4-5-3-1;/h14,16-17H,13H2,1-12H3;1-12H;1-3H,4H2;. The first kappa shape index (κ1) is 41.4. The summed E-state index contributed by atoms with van der Waals surface area (Å²) in [5.41, 5.74) is 14.3. The summed E-state index contributed by atoms with van der Waals surface area (Å²) in [7, 11) is 0. The van der Waals surface area contributed by atoms with Crippen molar-refractivity contribution in [1.29, 1.82) is 0 Å². The number of rotatable bonds is 4. The van der Waals surface area contributed by atoms with Gasteiger partial charge in [-0.3, -0.25) is 0 Å². The molecule has 0 bridgehead atoms. The molecule has 0 radical (unpaired) electrons. The maximum atomic E-state index is 7.06. The fourth-order valence-corrected chi connectivity index (χ4v) is 19.4. The van der Waals surface area contributed by atoms with Crippen LogP contribution in [0, 0.1) is 0 Å². The Morgan fingerprint density at radius 3 is 1.50 bits per heavy atom. The molecule has 296 valence electrons. The van der Waals surface area contributed by atoms with Gasteiger partial charge in [-0.1, -0.05) is 0 Å². The average molecular weight is 881 g/mol. The first-order chi connectivity index (χ1) is 27.2. The summed E-state index contributed by atoms with van der Waals surface area (Å²) in [6.07, 6.45) is 9.12. The van der Waals surface area contributed by atoms with E-state index in [1.807, 2.05) is 12.1 Å². The fraction of sp³-hybridized carbons (Fsp3) is 0.327. The van der Waals surface area contributed by atoms with Crippen LogP contribution in [0.15, 0.2) is 113 Å². The molecule has 3 heteroatoms. The van der Waals surface area contributed by atoms with E-state index in [1.54, 1.807) is 17.7 Å². The predicted molar refractivity (Wildman–Crippen MR) is 252 cm³/mol. The third-order valence-corrected chi connectivity index (χ3v) is 20.7. The van der Waals surface area contributed by atoms with E-state index in [0.717, 1.165) is 33.7 Å². The Hall–Kier alpha value is -3.35. The van der Waals surface area contributed by atoms with E-state index in [9.17, 15) is 0 Å². The van der Waals surface area contributed by atoms with Gasteiger partial charge in [-0.15, -0.1) is 0 Å². The van der Waals surface area contributed by atoms with Gasteiger partial charge < -0.3 is 0 Å². The summed E-state index contributed by atoms with van der Waals surface area (Å²) in [6.45, 7) is 29.0. The molecule has 0 saturated carbocycles. The second-order valence-electron chi connectivity index (χ2n) is 20.8. The molecule has 0 saturated heterocycles. The van der Waals surface area contributed by atoms with Crippen molar-refractivity contribution in [2.75, 3.05) is 0 Å². The van der Waals surface area contributed by atoms with Gasteiger partial charge in [0.1, 0.15) is 0 Å². The summed E-state index contributed by atoms with van der Waals surface area (Å²) < 4.78 is 4.76. The van der Waals surface area contributed by atoms with E-state index >= 15 is 0 Å². The van der Waals surface area contributed by atoms with Crippen molar-refractivity contribution >= 4 is 51.2 Å². The van der Waals surface area contributed by atoms with Crippen molar-refractivity contribution in [1.82, 2.24) is 0 Å². The molecule has 6 aromatic rings. The van der Waals surface area contributed by atoms with Crippen LogP contribution in [0.5, 0.6) is 0 Å². The van der Waals surface area contributed by atoms with Crippen molar-refractivity contribution in [3.63, 3.8) is 0 Å². The van der Waals surface area contributed by atoms with Gasteiger partial charge >= 0.3 is 368 Å². The summed E-state index contributed by atoms with van der Waals surface area (Å²) in [6, 6.07) is 34.3. The van der Waals surface area contributed by atoms with Crippen LogP contribution in [-0.2, 0) is 49.3 Å². The number of halogens is 2. The third kappa shape index (κ3) is 7.20. The van der Waals surface area contributed by atoms with Gasteiger partial charge in [0, 0.05) is 0 Å². The van der Waals surface area contributed by atoms with Crippen LogP contribution in [0.2, 0.25) is 10.0 Å². The van der Waals surface area contributed by atoms with Crippen molar-refractivity contribution in [3.05, 3.63) is 167 Å². The number of allylic oxidation sites excluding steroid dienone is 4. The minimum atomic E-state index is -3.28. The molecular weight excluding hydrogens is 823 g/mol. The van der Waals surface area contributed by atoms with E-state index in [0.29, 0.717) is 0 Å². The first-order valence-electron chi connectivity index (χ1n) is 21.0. The molecule has 0 spiro atoms. The summed E-state index contributed by atoms with van der Waals surface area (Å²) in [5.74, 6) is 0. The Morgan fingerprint density at radius 1 is 0.534 bits per heavy atom. The molecule has 6 aromatic carbocycles. The number of benzene rings is 6. The Labute approximate surface area is 365 Å². The molecule has 0 amide bonds. The van der Waals surface area contributed by atoms with Gasteiger partial charge in [-0.25, -0.2) is 0 Å². The molecular formula is C55H58Cl2Zr. The van der Waals surface area contributed by atoms with Crippen LogP contribution in [0.4, 0.5) is 0 Å². The molecule has 0 aliphatic heterocycles. The molecule has 0 atom stereocenters. The Kier molecular flexibility index (Phi) is 10.5. The quantitative estimate of drug-likeness (QED) is 0.165.